The SMILES string of the molecule is Cc1nc(N)nc(C(C)Oc2ccc(C(C)(C)C)cc2)c1C(=O)NN. The average molecular weight is 343 g/mol. The van der Waals surface area contributed by atoms with E-state index < -0.39 is 12.0 Å². The van der Waals surface area contributed by atoms with Gasteiger partial charge in [0.15, 0.2) is 0 Å². The molecule has 0 spiro atoms. The Morgan fingerprint density at radius 2 is 1.80 bits per heavy atom. The summed E-state index contributed by atoms with van der Waals surface area (Å²) >= 11 is 0. The molecule has 1 atom stereocenters. The molecule has 0 saturated heterocycles. The predicted molar refractivity (Wildman–Crippen MR) is 97.0 cm³/mol. The van der Waals surface area contributed by atoms with Gasteiger partial charge in [0.05, 0.1) is 17.0 Å². The molecule has 5 N–H and O–H groups in total. The fraction of sp³-hybridized carbons (Fsp3) is 0.389. The van der Waals surface area contributed by atoms with E-state index in [0.717, 1.165) is 0 Å². The highest BCUT2D eigenvalue weighted by Gasteiger charge is 2.23. The number of aryl methyl sites for hydroxylation is 1. The molecular formula is C18H25N5O2. The maximum absolute atomic E-state index is 12.1. The molecule has 7 heteroatoms. The van der Waals surface area contributed by atoms with E-state index in [9.17, 15) is 4.79 Å². The molecule has 1 aromatic heterocycles. The van der Waals surface area contributed by atoms with Crippen LogP contribution in [0.1, 0.15) is 61.1 Å². The van der Waals surface area contributed by atoms with Crippen LogP contribution in [-0.4, -0.2) is 15.9 Å². The number of amides is 1. The predicted octanol–water partition coefficient (Wildman–Crippen LogP) is 2.41. The summed E-state index contributed by atoms with van der Waals surface area (Å²) in [6.07, 6.45) is -0.503. The van der Waals surface area contributed by atoms with Gasteiger partial charge < -0.3 is 10.5 Å². The Labute approximate surface area is 147 Å². The van der Waals surface area contributed by atoms with Crippen LogP contribution in [0.15, 0.2) is 24.3 Å². The van der Waals surface area contributed by atoms with Gasteiger partial charge >= 0.3 is 0 Å². The number of hydrogen-bond acceptors (Lipinski definition) is 6. The molecule has 0 aliphatic heterocycles. The average Bonchev–Trinajstić information content (AvgIpc) is 2.53. The zero-order valence-electron chi connectivity index (χ0n) is 15.3. The van der Waals surface area contributed by atoms with Gasteiger partial charge in [0.1, 0.15) is 11.9 Å². The van der Waals surface area contributed by atoms with Gasteiger partial charge in [-0.15, -0.1) is 0 Å². The van der Waals surface area contributed by atoms with Crippen LogP contribution in [0.25, 0.3) is 0 Å². The van der Waals surface area contributed by atoms with E-state index in [-0.39, 0.29) is 16.9 Å². The first-order valence-electron chi connectivity index (χ1n) is 8.05. The normalized spacial score (nSPS) is 12.6. The summed E-state index contributed by atoms with van der Waals surface area (Å²) < 4.78 is 5.95. The maximum atomic E-state index is 12.1. The van der Waals surface area contributed by atoms with E-state index in [1.54, 1.807) is 13.8 Å². The summed E-state index contributed by atoms with van der Waals surface area (Å²) in [6, 6.07) is 7.85. The van der Waals surface area contributed by atoms with Gasteiger partial charge in [-0.1, -0.05) is 32.9 Å². The second-order valence-electron chi connectivity index (χ2n) is 6.94. The fourth-order valence-corrected chi connectivity index (χ4v) is 2.56. The maximum Gasteiger partial charge on any atom is 0.269 e. The monoisotopic (exact) mass is 343 g/mol. The molecule has 1 amide bonds. The number of nitrogens with two attached hydrogens (primary N) is 2. The van der Waals surface area contributed by atoms with Gasteiger partial charge in [-0.25, -0.2) is 15.8 Å². The highest BCUT2D eigenvalue weighted by molar-refractivity contribution is 5.96. The van der Waals surface area contributed by atoms with Crippen LogP contribution in [0.2, 0.25) is 0 Å². The Morgan fingerprint density at radius 1 is 1.20 bits per heavy atom. The molecule has 0 aliphatic carbocycles. The van der Waals surface area contributed by atoms with Crippen LogP contribution in [0.4, 0.5) is 5.95 Å². The van der Waals surface area contributed by atoms with Crippen LogP contribution in [0.5, 0.6) is 5.75 Å². The van der Waals surface area contributed by atoms with E-state index in [1.807, 2.05) is 24.3 Å². The molecule has 134 valence electrons. The number of aromatic nitrogens is 2. The number of ether oxygens (including phenoxy) is 1. The van der Waals surface area contributed by atoms with Crippen molar-refractivity contribution in [2.75, 3.05) is 5.73 Å². The minimum atomic E-state index is -0.503. The Bertz CT molecular complexity index is 766. The van der Waals surface area contributed by atoms with E-state index in [0.29, 0.717) is 17.1 Å². The minimum absolute atomic E-state index is 0.0642. The first kappa shape index (κ1) is 18.7. The summed E-state index contributed by atoms with van der Waals surface area (Å²) in [5.74, 6) is 5.54. The molecule has 1 heterocycles. The zero-order chi connectivity index (χ0) is 18.8. The van der Waals surface area contributed by atoms with Crippen LogP contribution < -0.4 is 21.7 Å². The van der Waals surface area contributed by atoms with Crippen molar-refractivity contribution in [1.82, 2.24) is 15.4 Å². The number of nitrogens with one attached hydrogen (secondary N) is 1. The molecule has 2 rings (SSSR count). The highest BCUT2D eigenvalue weighted by atomic mass is 16.5. The second kappa shape index (κ2) is 7.06. The van der Waals surface area contributed by atoms with Gasteiger partial charge in [-0.3, -0.25) is 10.2 Å². The number of hydrazine groups is 1. The lowest BCUT2D eigenvalue weighted by atomic mass is 9.87. The van der Waals surface area contributed by atoms with Crippen LogP contribution in [-0.2, 0) is 5.41 Å². The molecule has 1 unspecified atom stereocenters. The molecule has 0 bridgehead atoms. The summed E-state index contributed by atoms with van der Waals surface area (Å²) in [5.41, 5.74) is 10.2. The smallest absolute Gasteiger partial charge is 0.269 e. The van der Waals surface area contributed by atoms with Gasteiger partial charge in [0, 0.05) is 0 Å². The first-order valence-corrected chi connectivity index (χ1v) is 8.05. The van der Waals surface area contributed by atoms with Crippen molar-refractivity contribution in [2.24, 2.45) is 5.84 Å². The lowest BCUT2D eigenvalue weighted by molar-refractivity contribution is 0.0946. The lowest BCUT2D eigenvalue weighted by Crippen LogP contribution is -2.33. The standard InChI is InChI=1S/C18H25N5O2/c1-10-14(16(24)23-20)15(22-17(19)21-10)11(2)25-13-8-6-12(7-9-13)18(3,4)5/h6-9,11H,20H2,1-5H3,(H,23,24)(H2,19,21,22). The molecule has 0 fully saturated rings. The molecule has 0 aliphatic rings. The van der Waals surface area contributed by atoms with E-state index in [4.69, 9.17) is 16.3 Å². The second-order valence-corrected chi connectivity index (χ2v) is 6.94. The number of nitrogen functional groups attached to an aromatic ring is 2. The van der Waals surface area contributed by atoms with Crippen molar-refractivity contribution in [2.45, 2.75) is 46.1 Å². The quantitative estimate of drug-likeness (QED) is 0.446. The minimum Gasteiger partial charge on any atom is -0.484 e. The van der Waals surface area contributed by atoms with E-state index in [2.05, 4.69) is 36.2 Å². The van der Waals surface area contributed by atoms with Crippen LogP contribution in [0, 0.1) is 6.92 Å². The van der Waals surface area contributed by atoms with E-state index in [1.165, 1.54) is 5.56 Å². The number of anilines is 1. The summed E-state index contributed by atoms with van der Waals surface area (Å²) in [6.45, 7) is 9.92. The Balaban J connectivity index is 2.32. The lowest BCUT2D eigenvalue weighted by Gasteiger charge is -2.21. The van der Waals surface area contributed by atoms with Crippen molar-refractivity contribution in [3.8, 4) is 5.75 Å². The summed E-state index contributed by atoms with van der Waals surface area (Å²) in [7, 11) is 0. The third-order valence-corrected chi connectivity index (χ3v) is 3.91. The first-order chi connectivity index (χ1) is 11.6. The Hall–Kier alpha value is -2.67. The highest BCUT2D eigenvalue weighted by Crippen LogP contribution is 2.28. The number of hydrogen-bond donors (Lipinski definition) is 3. The van der Waals surface area contributed by atoms with Crippen LogP contribution in [0.3, 0.4) is 0 Å². The van der Waals surface area contributed by atoms with Crippen molar-refractivity contribution in [1.29, 1.82) is 0 Å². The molecule has 2 aromatic rings. The molecule has 0 radical (unpaired) electrons. The van der Waals surface area contributed by atoms with E-state index >= 15 is 0 Å². The molecule has 0 saturated carbocycles. The number of carbonyl (C=O) groups is 1. The number of benzene rings is 1. The van der Waals surface area contributed by atoms with Crippen molar-refractivity contribution in [3.05, 3.63) is 46.8 Å². The Morgan fingerprint density at radius 3 is 2.32 bits per heavy atom. The topological polar surface area (TPSA) is 116 Å². The molecule has 25 heavy (non-hydrogen) atoms. The summed E-state index contributed by atoms with van der Waals surface area (Å²) in [4.78, 5) is 20.3. The Kier molecular flexibility index (Phi) is 5.27. The summed E-state index contributed by atoms with van der Waals surface area (Å²) in [5, 5.41) is 0. The number of rotatable bonds is 4. The van der Waals surface area contributed by atoms with Gasteiger partial charge in [0.25, 0.3) is 5.91 Å². The fourth-order valence-electron chi connectivity index (χ4n) is 2.56. The number of carbonyl (C=O) groups excluding carboxylic acids is 1. The molecule has 7 nitrogen and oxygen atoms in total. The molecule has 1 aromatic carbocycles. The van der Waals surface area contributed by atoms with Crippen molar-refractivity contribution >= 4 is 11.9 Å². The third kappa shape index (κ3) is 4.24. The van der Waals surface area contributed by atoms with Crippen LogP contribution >= 0.6 is 0 Å². The van der Waals surface area contributed by atoms with Gasteiger partial charge in [0.2, 0.25) is 5.95 Å². The van der Waals surface area contributed by atoms with Gasteiger partial charge in [-0.2, -0.15) is 0 Å². The van der Waals surface area contributed by atoms with Crippen molar-refractivity contribution in [3.63, 3.8) is 0 Å². The zero-order valence-corrected chi connectivity index (χ0v) is 15.3. The molecular weight excluding hydrogens is 318 g/mol. The number of nitrogens with zero attached hydrogens (tertiary/aromatic N) is 2. The largest absolute Gasteiger partial charge is 0.484 e. The van der Waals surface area contributed by atoms with Gasteiger partial charge in [-0.05, 0) is 37.0 Å². The van der Waals surface area contributed by atoms with Crippen molar-refractivity contribution < 1.29 is 9.53 Å². The third-order valence-electron chi connectivity index (χ3n) is 3.91.